The fourth-order valence-corrected chi connectivity index (χ4v) is 2.07. The summed E-state index contributed by atoms with van der Waals surface area (Å²) in [6.07, 6.45) is 4.26. The zero-order valence-corrected chi connectivity index (χ0v) is 11.4. The third kappa shape index (κ3) is 3.47. The van der Waals surface area contributed by atoms with E-state index in [4.69, 9.17) is 0 Å². The van der Waals surface area contributed by atoms with Gasteiger partial charge in [-0.1, -0.05) is 42.5 Å². The number of aryl methyl sites for hydroxylation is 1. The molecule has 0 N–H and O–H groups in total. The van der Waals surface area contributed by atoms with Gasteiger partial charge in [-0.2, -0.15) is 0 Å². The Labute approximate surface area is 110 Å². The summed E-state index contributed by atoms with van der Waals surface area (Å²) in [5, 5.41) is 0. The molecule has 0 amide bonds. The van der Waals surface area contributed by atoms with Gasteiger partial charge in [0, 0.05) is 31.9 Å². The standard InChI is InChI=1S/C16H22N2/c1-14-4-7-16(8-5-14)9-6-15(2)18-12-10-17(3)11-13-18/h4-9H,2,10-13H2,1,3H3/b9-6+. The van der Waals surface area contributed by atoms with Crippen LogP contribution in [-0.4, -0.2) is 43.0 Å². The van der Waals surface area contributed by atoms with Crippen LogP contribution in [0.5, 0.6) is 0 Å². The van der Waals surface area contributed by atoms with E-state index >= 15 is 0 Å². The van der Waals surface area contributed by atoms with Crippen LogP contribution in [0.4, 0.5) is 0 Å². The predicted octanol–water partition coefficient (Wildman–Crippen LogP) is 2.77. The first kappa shape index (κ1) is 12.9. The van der Waals surface area contributed by atoms with Crippen LogP contribution in [0.25, 0.3) is 6.08 Å². The molecule has 1 fully saturated rings. The molecule has 2 heteroatoms. The molecular formula is C16H22N2. The van der Waals surface area contributed by atoms with Gasteiger partial charge < -0.3 is 9.80 Å². The zero-order chi connectivity index (χ0) is 13.0. The second-order valence-corrected chi connectivity index (χ2v) is 5.03. The smallest absolute Gasteiger partial charge is 0.0306 e. The number of nitrogens with zero attached hydrogens (tertiary/aromatic N) is 2. The van der Waals surface area contributed by atoms with Crippen LogP contribution in [0.2, 0.25) is 0 Å². The first-order valence-corrected chi connectivity index (χ1v) is 6.52. The lowest BCUT2D eigenvalue weighted by atomic mass is 10.1. The quantitative estimate of drug-likeness (QED) is 0.752. The maximum Gasteiger partial charge on any atom is 0.0306 e. The normalized spacial score (nSPS) is 17.3. The maximum absolute atomic E-state index is 4.16. The molecule has 0 bridgehead atoms. The first-order chi connectivity index (χ1) is 8.65. The summed E-state index contributed by atoms with van der Waals surface area (Å²) in [5.41, 5.74) is 3.64. The minimum absolute atomic E-state index is 1.08. The van der Waals surface area contributed by atoms with E-state index in [1.54, 1.807) is 0 Å². The van der Waals surface area contributed by atoms with Crippen LogP contribution in [0, 0.1) is 6.92 Å². The van der Waals surface area contributed by atoms with Gasteiger partial charge in [-0.05, 0) is 25.6 Å². The van der Waals surface area contributed by atoms with Crippen molar-refractivity contribution in [1.82, 2.24) is 9.80 Å². The molecule has 0 aliphatic carbocycles. The fraction of sp³-hybridized carbons (Fsp3) is 0.375. The molecule has 1 heterocycles. The van der Waals surface area contributed by atoms with Crippen molar-refractivity contribution in [2.75, 3.05) is 33.2 Å². The Morgan fingerprint density at radius 2 is 1.72 bits per heavy atom. The number of rotatable bonds is 3. The molecule has 0 atom stereocenters. The average molecular weight is 242 g/mol. The number of allylic oxidation sites excluding steroid dienone is 1. The largest absolute Gasteiger partial charge is 0.369 e. The first-order valence-electron chi connectivity index (χ1n) is 6.52. The van der Waals surface area contributed by atoms with Crippen LogP contribution in [0.1, 0.15) is 11.1 Å². The molecule has 18 heavy (non-hydrogen) atoms. The third-order valence-electron chi connectivity index (χ3n) is 3.45. The van der Waals surface area contributed by atoms with Crippen molar-refractivity contribution in [2.24, 2.45) is 0 Å². The SMILES string of the molecule is C=C(/C=C/c1ccc(C)cc1)N1CCN(C)CC1. The van der Waals surface area contributed by atoms with E-state index in [9.17, 15) is 0 Å². The van der Waals surface area contributed by atoms with Crippen LogP contribution in [-0.2, 0) is 0 Å². The fourth-order valence-electron chi connectivity index (χ4n) is 2.07. The molecule has 1 aromatic carbocycles. The number of benzene rings is 1. The van der Waals surface area contributed by atoms with Gasteiger partial charge in [0.05, 0.1) is 0 Å². The van der Waals surface area contributed by atoms with Crippen LogP contribution < -0.4 is 0 Å². The summed E-state index contributed by atoms with van der Waals surface area (Å²) in [4.78, 5) is 4.71. The zero-order valence-electron chi connectivity index (χ0n) is 11.4. The Kier molecular flexibility index (Phi) is 4.21. The summed E-state index contributed by atoms with van der Waals surface area (Å²) in [5.74, 6) is 0. The van der Waals surface area contributed by atoms with Gasteiger partial charge in [0.1, 0.15) is 0 Å². The van der Waals surface area contributed by atoms with Crippen molar-refractivity contribution in [3.8, 4) is 0 Å². The topological polar surface area (TPSA) is 6.48 Å². The van der Waals surface area contributed by atoms with E-state index in [1.165, 1.54) is 11.1 Å². The van der Waals surface area contributed by atoms with E-state index in [2.05, 4.69) is 66.8 Å². The minimum atomic E-state index is 1.08. The molecule has 0 radical (unpaired) electrons. The van der Waals surface area contributed by atoms with E-state index in [1.807, 2.05) is 0 Å². The monoisotopic (exact) mass is 242 g/mol. The van der Waals surface area contributed by atoms with E-state index in [0.29, 0.717) is 0 Å². The number of hydrogen-bond acceptors (Lipinski definition) is 2. The Hall–Kier alpha value is -1.54. The lowest BCUT2D eigenvalue weighted by Gasteiger charge is -2.34. The Morgan fingerprint density at radius 3 is 2.33 bits per heavy atom. The molecule has 0 aromatic heterocycles. The van der Waals surface area contributed by atoms with Crippen molar-refractivity contribution in [2.45, 2.75) is 6.92 Å². The number of piperazine rings is 1. The molecule has 0 saturated carbocycles. The van der Waals surface area contributed by atoms with Crippen LogP contribution in [0.15, 0.2) is 42.6 Å². The maximum atomic E-state index is 4.16. The lowest BCUT2D eigenvalue weighted by molar-refractivity contribution is 0.191. The van der Waals surface area contributed by atoms with Crippen molar-refractivity contribution in [3.63, 3.8) is 0 Å². The summed E-state index contributed by atoms with van der Waals surface area (Å²) in [6.45, 7) is 10.7. The molecule has 2 rings (SSSR count). The van der Waals surface area contributed by atoms with Crippen LogP contribution >= 0.6 is 0 Å². The summed E-state index contributed by atoms with van der Waals surface area (Å²) in [7, 11) is 2.17. The summed E-state index contributed by atoms with van der Waals surface area (Å²) >= 11 is 0. The highest BCUT2D eigenvalue weighted by molar-refractivity contribution is 5.52. The van der Waals surface area contributed by atoms with E-state index < -0.39 is 0 Å². The highest BCUT2D eigenvalue weighted by atomic mass is 15.2. The molecule has 1 aromatic rings. The highest BCUT2D eigenvalue weighted by Crippen LogP contribution is 2.11. The lowest BCUT2D eigenvalue weighted by Crippen LogP contribution is -2.43. The molecule has 1 saturated heterocycles. The predicted molar refractivity (Wildman–Crippen MR) is 78.4 cm³/mol. The van der Waals surface area contributed by atoms with Gasteiger partial charge in [-0.3, -0.25) is 0 Å². The molecule has 1 aliphatic heterocycles. The van der Waals surface area contributed by atoms with Gasteiger partial charge in [-0.15, -0.1) is 0 Å². The van der Waals surface area contributed by atoms with E-state index in [-0.39, 0.29) is 0 Å². The Bertz CT molecular complexity index is 423. The molecule has 1 aliphatic rings. The van der Waals surface area contributed by atoms with Crippen molar-refractivity contribution in [1.29, 1.82) is 0 Å². The van der Waals surface area contributed by atoms with Gasteiger partial charge in [0.15, 0.2) is 0 Å². The molecule has 0 unspecified atom stereocenters. The molecule has 0 spiro atoms. The average Bonchev–Trinajstić information content (AvgIpc) is 2.38. The number of likely N-dealkylation sites (N-methyl/N-ethyl adjacent to an activating group) is 1. The van der Waals surface area contributed by atoms with Gasteiger partial charge in [0.2, 0.25) is 0 Å². The number of hydrogen-bond donors (Lipinski definition) is 0. The van der Waals surface area contributed by atoms with Gasteiger partial charge >= 0.3 is 0 Å². The highest BCUT2D eigenvalue weighted by Gasteiger charge is 2.13. The molecule has 96 valence electrons. The Balaban J connectivity index is 1.92. The molecule has 2 nitrogen and oxygen atoms in total. The second kappa shape index (κ2) is 5.87. The van der Waals surface area contributed by atoms with Gasteiger partial charge in [0.25, 0.3) is 0 Å². The van der Waals surface area contributed by atoms with Crippen molar-refractivity contribution in [3.05, 3.63) is 53.7 Å². The Morgan fingerprint density at radius 1 is 1.11 bits per heavy atom. The van der Waals surface area contributed by atoms with E-state index in [0.717, 1.165) is 31.9 Å². The third-order valence-corrected chi connectivity index (χ3v) is 3.45. The second-order valence-electron chi connectivity index (χ2n) is 5.03. The summed E-state index contributed by atoms with van der Waals surface area (Å²) in [6, 6.07) is 8.56. The van der Waals surface area contributed by atoms with Crippen molar-refractivity contribution >= 4 is 6.08 Å². The molecular weight excluding hydrogens is 220 g/mol. The van der Waals surface area contributed by atoms with Gasteiger partial charge in [-0.25, -0.2) is 0 Å². The van der Waals surface area contributed by atoms with Crippen LogP contribution in [0.3, 0.4) is 0 Å². The van der Waals surface area contributed by atoms with Crippen molar-refractivity contribution < 1.29 is 0 Å². The summed E-state index contributed by atoms with van der Waals surface area (Å²) < 4.78 is 0. The minimum Gasteiger partial charge on any atom is -0.369 e.